The largest absolute Gasteiger partial charge is 0.496 e. The van der Waals surface area contributed by atoms with Crippen molar-refractivity contribution in [2.45, 2.75) is 24.2 Å². The van der Waals surface area contributed by atoms with Crippen LogP contribution in [0.25, 0.3) is 0 Å². The molecule has 0 aromatic heterocycles. The number of hydrogen-bond donors (Lipinski definition) is 1. The van der Waals surface area contributed by atoms with Crippen LogP contribution in [0.2, 0.25) is 5.02 Å². The predicted octanol–water partition coefficient (Wildman–Crippen LogP) is 4.54. The summed E-state index contributed by atoms with van der Waals surface area (Å²) in [5, 5.41) is 3.18. The van der Waals surface area contributed by atoms with Crippen molar-refractivity contribution in [1.29, 1.82) is 0 Å². The normalized spacial score (nSPS) is 15.2. The van der Waals surface area contributed by atoms with E-state index in [4.69, 9.17) is 16.3 Å². The molecule has 1 heterocycles. The molecule has 0 unspecified atom stereocenters. The highest BCUT2D eigenvalue weighted by atomic mass is 79.9. The molecule has 28 heavy (non-hydrogen) atoms. The second-order valence-electron chi connectivity index (χ2n) is 6.41. The lowest BCUT2D eigenvalue weighted by Crippen LogP contribution is -2.35. The van der Waals surface area contributed by atoms with Gasteiger partial charge in [0, 0.05) is 23.2 Å². The number of anilines is 1. The molecule has 0 saturated carbocycles. The molecule has 0 atom stereocenters. The molecule has 2 aromatic rings. The number of benzene rings is 2. The summed E-state index contributed by atoms with van der Waals surface area (Å²) in [5.41, 5.74) is 0.629. The van der Waals surface area contributed by atoms with E-state index in [1.54, 1.807) is 18.2 Å². The van der Waals surface area contributed by atoms with E-state index in [0.29, 0.717) is 34.0 Å². The van der Waals surface area contributed by atoms with Gasteiger partial charge in [-0.25, -0.2) is 8.42 Å². The Bertz CT molecular complexity index is 991. The number of amides is 1. The summed E-state index contributed by atoms with van der Waals surface area (Å²) >= 11 is 9.36. The average molecular weight is 488 g/mol. The summed E-state index contributed by atoms with van der Waals surface area (Å²) in [6.07, 6.45) is 2.71. The van der Waals surface area contributed by atoms with E-state index < -0.39 is 15.9 Å². The lowest BCUT2D eigenvalue weighted by Gasteiger charge is -2.26. The molecule has 2 aromatic carbocycles. The van der Waals surface area contributed by atoms with Crippen LogP contribution in [0, 0.1) is 0 Å². The van der Waals surface area contributed by atoms with Gasteiger partial charge in [0.05, 0.1) is 22.6 Å². The van der Waals surface area contributed by atoms with E-state index in [1.807, 2.05) is 0 Å². The van der Waals surface area contributed by atoms with Crippen LogP contribution >= 0.6 is 27.5 Å². The Balaban J connectivity index is 1.92. The van der Waals surface area contributed by atoms with Gasteiger partial charge in [-0.3, -0.25) is 4.79 Å². The van der Waals surface area contributed by atoms with Crippen molar-refractivity contribution in [2.24, 2.45) is 0 Å². The lowest BCUT2D eigenvalue weighted by molar-refractivity contribution is 0.102. The van der Waals surface area contributed by atoms with Crippen LogP contribution in [0.3, 0.4) is 0 Å². The van der Waals surface area contributed by atoms with Gasteiger partial charge < -0.3 is 10.1 Å². The monoisotopic (exact) mass is 486 g/mol. The first-order valence-electron chi connectivity index (χ1n) is 8.77. The van der Waals surface area contributed by atoms with E-state index in [9.17, 15) is 13.2 Å². The highest BCUT2D eigenvalue weighted by Gasteiger charge is 2.27. The third-order valence-electron chi connectivity index (χ3n) is 4.55. The number of nitrogens with one attached hydrogen (secondary N) is 1. The van der Waals surface area contributed by atoms with Crippen molar-refractivity contribution < 1.29 is 17.9 Å². The number of sulfonamides is 1. The Kier molecular flexibility index (Phi) is 6.65. The van der Waals surface area contributed by atoms with Crippen molar-refractivity contribution >= 4 is 49.1 Å². The number of nitrogens with zero attached hydrogens (tertiary/aromatic N) is 1. The van der Waals surface area contributed by atoms with Crippen LogP contribution in [0.4, 0.5) is 5.69 Å². The molecule has 1 aliphatic rings. The topological polar surface area (TPSA) is 75.7 Å². The van der Waals surface area contributed by atoms with Crippen LogP contribution in [-0.2, 0) is 10.0 Å². The molecule has 1 N–H and O–H groups in total. The Labute approximate surface area is 178 Å². The predicted molar refractivity (Wildman–Crippen MR) is 113 cm³/mol. The van der Waals surface area contributed by atoms with Gasteiger partial charge in [0.15, 0.2) is 0 Å². The summed E-state index contributed by atoms with van der Waals surface area (Å²) in [5.74, 6) is -0.191. The Morgan fingerprint density at radius 2 is 1.86 bits per heavy atom. The summed E-state index contributed by atoms with van der Waals surface area (Å²) in [6, 6.07) is 9.33. The zero-order valence-corrected chi connectivity index (χ0v) is 18.4. The standard InChI is InChI=1S/C19H20BrClN2O4S/c1-27-18-8-6-14(28(25,26)23-9-3-2-4-10-23)12-15(18)19(24)22-13-5-7-16(20)17(21)11-13/h5-8,11-12H,2-4,9-10H2,1H3,(H,22,24). The van der Waals surface area contributed by atoms with Gasteiger partial charge >= 0.3 is 0 Å². The second-order valence-corrected chi connectivity index (χ2v) is 9.61. The van der Waals surface area contributed by atoms with Gasteiger partial charge in [0.2, 0.25) is 10.0 Å². The molecule has 0 spiro atoms. The van der Waals surface area contributed by atoms with E-state index in [2.05, 4.69) is 21.2 Å². The van der Waals surface area contributed by atoms with Crippen molar-refractivity contribution in [3.63, 3.8) is 0 Å². The number of carbonyl (C=O) groups excluding carboxylic acids is 1. The molecule has 1 amide bonds. The third-order valence-corrected chi connectivity index (χ3v) is 7.67. The maximum absolute atomic E-state index is 12.9. The molecule has 1 saturated heterocycles. The van der Waals surface area contributed by atoms with E-state index in [1.165, 1.54) is 29.6 Å². The minimum absolute atomic E-state index is 0.0780. The summed E-state index contributed by atoms with van der Waals surface area (Å²) in [6.45, 7) is 0.987. The fourth-order valence-electron chi connectivity index (χ4n) is 3.05. The first kappa shape index (κ1) is 21.1. The second kappa shape index (κ2) is 8.82. The first-order chi connectivity index (χ1) is 13.3. The minimum atomic E-state index is -3.66. The molecule has 3 rings (SSSR count). The van der Waals surface area contributed by atoms with Crippen molar-refractivity contribution in [3.05, 3.63) is 51.5 Å². The van der Waals surface area contributed by atoms with Crippen molar-refractivity contribution in [1.82, 2.24) is 4.31 Å². The number of halogens is 2. The average Bonchev–Trinajstić information content (AvgIpc) is 2.70. The summed E-state index contributed by atoms with van der Waals surface area (Å²) in [7, 11) is -2.23. The zero-order chi connectivity index (χ0) is 20.3. The van der Waals surface area contributed by atoms with Crippen LogP contribution in [0.15, 0.2) is 45.8 Å². The van der Waals surface area contributed by atoms with Crippen LogP contribution in [0.5, 0.6) is 5.75 Å². The fourth-order valence-corrected chi connectivity index (χ4v) is 5.02. The highest BCUT2D eigenvalue weighted by molar-refractivity contribution is 9.10. The third kappa shape index (κ3) is 4.51. The number of carbonyl (C=O) groups is 1. The van der Waals surface area contributed by atoms with Gasteiger partial charge in [0.25, 0.3) is 5.91 Å². The summed E-state index contributed by atoms with van der Waals surface area (Å²) in [4.78, 5) is 12.9. The maximum Gasteiger partial charge on any atom is 0.259 e. The van der Waals surface area contributed by atoms with Crippen molar-refractivity contribution in [2.75, 3.05) is 25.5 Å². The van der Waals surface area contributed by atoms with E-state index in [-0.39, 0.29) is 10.5 Å². The molecule has 150 valence electrons. The molecule has 0 bridgehead atoms. The molecule has 0 aliphatic carbocycles. The number of piperidine rings is 1. The van der Waals surface area contributed by atoms with E-state index in [0.717, 1.165) is 19.3 Å². The molecule has 1 fully saturated rings. The molecule has 9 heteroatoms. The van der Waals surface area contributed by atoms with Gasteiger partial charge in [-0.2, -0.15) is 4.31 Å². The SMILES string of the molecule is COc1ccc(S(=O)(=O)N2CCCCC2)cc1C(=O)Nc1ccc(Br)c(Cl)c1. The zero-order valence-electron chi connectivity index (χ0n) is 15.2. The highest BCUT2D eigenvalue weighted by Crippen LogP contribution is 2.29. The Morgan fingerprint density at radius 1 is 1.14 bits per heavy atom. The maximum atomic E-state index is 12.9. The molecular weight excluding hydrogens is 468 g/mol. The van der Waals surface area contributed by atoms with Crippen molar-refractivity contribution in [3.8, 4) is 5.75 Å². The molecular formula is C19H20BrClN2O4S. The molecule has 1 aliphatic heterocycles. The smallest absolute Gasteiger partial charge is 0.259 e. The number of ether oxygens (including phenoxy) is 1. The Morgan fingerprint density at radius 3 is 2.50 bits per heavy atom. The van der Waals surface area contributed by atoms with Crippen LogP contribution < -0.4 is 10.1 Å². The molecule has 0 radical (unpaired) electrons. The fraction of sp³-hybridized carbons (Fsp3) is 0.316. The number of rotatable bonds is 5. The minimum Gasteiger partial charge on any atom is -0.496 e. The van der Waals surface area contributed by atoms with Gasteiger partial charge in [-0.15, -0.1) is 0 Å². The molecule has 6 nitrogen and oxygen atoms in total. The quantitative estimate of drug-likeness (QED) is 0.672. The van der Waals surface area contributed by atoms with Gasteiger partial charge in [0.1, 0.15) is 5.75 Å². The number of methoxy groups -OCH3 is 1. The van der Waals surface area contributed by atoms with Crippen LogP contribution in [-0.4, -0.2) is 38.8 Å². The van der Waals surface area contributed by atoms with Gasteiger partial charge in [-0.05, 0) is 65.2 Å². The van der Waals surface area contributed by atoms with Crippen LogP contribution in [0.1, 0.15) is 29.6 Å². The lowest BCUT2D eigenvalue weighted by atomic mass is 10.2. The summed E-state index contributed by atoms with van der Waals surface area (Å²) < 4.78 is 33.3. The Hall–Kier alpha value is -1.61. The van der Waals surface area contributed by atoms with E-state index >= 15 is 0 Å². The number of hydrogen-bond acceptors (Lipinski definition) is 4. The van der Waals surface area contributed by atoms with Gasteiger partial charge in [-0.1, -0.05) is 18.0 Å². The first-order valence-corrected chi connectivity index (χ1v) is 11.4.